The number of carbonyl (C=O) groups excluding carboxylic acids is 1. The summed E-state index contributed by atoms with van der Waals surface area (Å²) in [6.07, 6.45) is 0. The molecule has 0 aliphatic heterocycles. The first-order valence-electron chi connectivity index (χ1n) is 7.86. The number of carbonyl (C=O) groups is 1. The molecule has 0 unspecified atom stereocenters. The molecule has 0 saturated heterocycles. The third-order valence-corrected chi connectivity index (χ3v) is 3.79. The lowest BCUT2D eigenvalue weighted by molar-refractivity contribution is 0.0716. The zero-order valence-corrected chi connectivity index (χ0v) is 13.7. The molecule has 1 aromatic heterocycles. The summed E-state index contributed by atoms with van der Waals surface area (Å²) in [7, 11) is 0. The topological polar surface area (TPSA) is 33.5 Å². The van der Waals surface area contributed by atoms with Gasteiger partial charge in [-0.2, -0.15) is 0 Å². The molecule has 0 fully saturated rings. The molecule has 1 heterocycles. The highest BCUT2D eigenvalue weighted by atomic mass is 19.1. The van der Waals surface area contributed by atoms with Crippen LogP contribution in [0.25, 0.3) is 0 Å². The molecule has 3 rings (SSSR count). The van der Waals surface area contributed by atoms with E-state index in [0.29, 0.717) is 5.76 Å². The van der Waals surface area contributed by atoms with Gasteiger partial charge in [0.05, 0.1) is 6.54 Å². The molecule has 0 radical (unpaired) electrons. The third-order valence-electron chi connectivity index (χ3n) is 3.79. The van der Waals surface area contributed by atoms with E-state index in [4.69, 9.17) is 4.42 Å². The second kappa shape index (κ2) is 7.30. The Bertz CT molecular complexity index is 871. The highest BCUT2D eigenvalue weighted by molar-refractivity contribution is 5.94. The van der Waals surface area contributed by atoms with Gasteiger partial charge >= 0.3 is 0 Å². The molecule has 25 heavy (non-hydrogen) atoms. The molecule has 1 amide bonds. The van der Waals surface area contributed by atoms with Crippen LogP contribution in [0.1, 0.15) is 27.4 Å². The summed E-state index contributed by atoms with van der Waals surface area (Å²) in [5.41, 5.74) is 1.03. The smallest absolute Gasteiger partial charge is 0.254 e. The van der Waals surface area contributed by atoms with Crippen molar-refractivity contribution < 1.29 is 18.0 Å². The minimum absolute atomic E-state index is 0.237. The summed E-state index contributed by atoms with van der Waals surface area (Å²) in [6.45, 7) is 2.32. The summed E-state index contributed by atoms with van der Waals surface area (Å²) in [5, 5.41) is 0. The van der Waals surface area contributed by atoms with Crippen molar-refractivity contribution in [1.82, 2.24) is 4.90 Å². The van der Waals surface area contributed by atoms with Gasteiger partial charge in [0.2, 0.25) is 0 Å². The van der Waals surface area contributed by atoms with Gasteiger partial charge in [0.25, 0.3) is 5.91 Å². The Morgan fingerprint density at radius 1 is 0.960 bits per heavy atom. The standard InChI is InChI=1S/C20H17F2NO2/c1-14-5-10-19(25-14)13-23(12-15-6-8-17(21)9-7-15)20(24)16-3-2-4-18(22)11-16/h2-11H,12-13H2,1H3. The fourth-order valence-electron chi connectivity index (χ4n) is 2.57. The van der Waals surface area contributed by atoms with E-state index < -0.39 is 5.82 Å². The van der Waals surface area contributed by atoms with Crippen molar-refractivity contribution in [3.8, 4) is 0 Å². The van der Waals surface area contributed by atoms with Crippen LogP contribution >= 0.6 is 0 Å². The van der Waals surface area contributed by atoms with Crippen molar-refractivity contribution in [1.29, 1.82) is 0 Å². The first-order chi connectivity index (χ1) is 12.0. The molecule has 0 spiro atoms. The molecule has 0 aliphatic carbocycles. The first-order valence-corrected chi connectivity index (χ1v) is 7.86. The predicted octanol–water partition coefficient (Wildman–Crippen LogP) is 4.71. The van der Waals surface area contributed by atoms with E-state index in [9.17, 15) is 13.6 Å². The van der Waals surface area contributed by atoms with Crippen molar-refractivity contribution >= 4 is 5.91 Å². The monoisotopic (exact) mass is 341 g/mol. The zero-order chi connectivity index (χ0) is 17.8. The van der Waals surface area contributed by atoms with Crippen LogP contribution in [-0.4, -0.2) is 10.8 Å². The quantitative estimate of drug-likeness (QED) is 0.673. The second-order valence-corrected chi connectivity index (χ2v) is 5.81. The predicted molar refractivity (Wildman–Crippen MR) is 89.8 cm³/mol. The maximum Gasteiger partial charge on any atom is 0.254 e. The minimum Gasteiger partial charge on any atom is -0.464 e. The van der Waals surface area contributed by atoms with E-state index in [1.807, 2.05) is 13.0 Å². The molecule has 128 valence electrons. The van der Waals surface area contributed by atoms with E-state index in [0.717, 1.165) is 11.3 Å². The molecule has 0 bridgehead atoms. The molecular formula is C20H17F2NO2. The summed E-state index contributed by atoms with van der Waals surface area (Å²) >= 11 is 0. The molecule has 0 atom stereocenters. The maximum absolute atomic E-state index is 13.5. The van der Waals surface area contributed by atoms with Crippen LogP contribution in [-0.2, 0) is 13.1 Å². The van der Waals surface area contributed by atoms with Gasteiger partial charge in [-0.05, 0) is 55.0 Å². The normalized spacial score (nSPS) is 10.7. The number of benzene rings is 2. The van der Waals surface area contributed by atoms with Gasteiger partial charge in [-0.25, -0.2) is 8.78 Å². The van der Waals surface area contributed by atoms with E-state index in [1.165, 1.54) is 30.3 Å². The van der Waals surface area contributed by atoms with Crippen LogP contribution in [0, 0.1) is 18.6 Å². The Labute approximate surface area is 144 Å². The Morgan fingerprint density at radius 3 is 2.36 bits per heavy atom. The highest BCUT2D eigenvalue weighted by Crippen LogP contribution is 2.17. The second-order valence-electron chi connectivity index (χ2n) is 5.81. The van der Waals surface area contributed by atoms with E-state index in [1.54, 1.807) is 29.2 Å². The summed E-state index contributed by atoms with van der Waals surface area (Å²) in [5.74, 6) is 0.243. The van der Waals surface area contributed by atoms with Crippen LogP contribution in [0.4, 0.5) is 8.78 Å². The minimum atomic E-state index is -0.471. The fourth-order valence-corrected chi connectivity index (χ4v) is 2.57. The van der Waals surface area contributed by atoms with Crippen LogP contribution < -0.4 is 0 Å². The Kier molecular flexibility index (Phi) is 4.93. The Morgan fingerprint density at radius 2 is 1.72 bits per heavy atom. The van der Waals surface area contributed by atoms with Crippen LogP contribution in [0.15, 0.2) is 65.1 Å². The van der Waals surface area contributed by atoms with Crippen molar-refractivity contribution in [2.24, 2.45) is 0 Å². The number of nitrogens with zero attached hydrogens (tertiary/aromatic N) is 1. The number of halogens is 2. The lowest BCUT2D eigenvalue weighted by atomic mass is 10.1. The number of aryl methyl sites for hydroxylation is 1. The molecule has 3 nitrogen and oxygen atoms in total. The SMILES string of the molecule is Cc1ccc(CN(Cc2ccc(F)cc2)C(=O)c2cccc(F)c2)o1. The fraction of sp³-hybridized carbons (Fsp3) is 0.150. The molecule has 5 heteroatoms. The molecule has 0 saturated carbocycles. The van der Waals surface area contributed by atoms with Crippen LogP contribution in [0.5, 0.6) is 0 Å². The van der Waals surface area contributed by atoms with Crippen LogP contribution in [0.2, 0.25) is 0 Å². The van der Waals surface area contributed by atoms with Gasteiger partial charge in [0.1, 0.15) is 23.2 Å². The molecule has 2 aromatic carbocycles. The number of hydrogen-bond acceptors (Lipinski definition) is 2. The van der Waals surface area contributed by atoms with Gasteiger partial charge < -0.3 is 9.32 Å². The summed E-state index contributed by atoms with van der Waals surface area (Å²) < 4.78 is 32.1. The van der Waals surface area contributed by atoms with Gasteiger partial charge in [-0.1, -0.05) is 18.2 Å². The number of hydrogen-bond donors (Lipinski definition) is 0. The van der Waals surface area contributed by atoms with Gasteiger partial charge in [0, 0.05) is 12.1 Å². The average molecular weight is 341 g/mol. The molecule has 0 aliphatic rings. The van der Waals surface area contributed by atoms with E-state index in [2.05, 4.69) is 0 Å². The number of furan rings is 1. The molecule has 0 N–H and O–H groups in total. The first kappa shape index (κ1) is 16.9. The van der Waals surface area contributed by atoms with Crippen molar-refractivity contribution in [3.63, 3.8) is 0 Å². The average Bonchev–Trinajstić information content (AvgIpc) is 3.00. The molecular weight excluding hydrogens is 324 g/mol. The zero-order valence-electron chi connectivity index (χ0n) is 13.7. The van der Waals surface area contributed by atoms with E-state index in [-0.39, 0.29) is 30.4 Å². The number of amides is 1. The van der Waals surface area contributed by atoms with Crippen molar-refractivity contribution in [3.05, 3.63) is 94.9 Å². The summed E-state index contributed by atoms with van der Waals surface area (Å²) in [4.78, 5) is 14.4. The van der Waals surface area contributed by atoms with Gasteiger partial charge in [0.15, 0.2) is 0 Å². The van der Waals surface area contributed by atoms with Crippen molar-refractivity contribution in [2.75, 3.05) is 0 Å². The lowest BCUT2D eigenvalue weighted by Gasteiger charge is -2.22. The highest BCUT2D eigenvalue weighted by Gasteiger charge is 2.18. The summed E-state index contributed by atoms with van der Waals surface area (Å²) in [6, 6.07) is 15.1. The third kappa shape index (κ3) is 4.32. The van der Waals surface area contributed by atoms with Crippen LogP contribution in [0.3, 0.4) is 0 Å². The van der Waals surface area contributed by atoms with Gasteiger partial charge in [-0.3, -0.25) is 4.79 Å². The van der Waals surface area contributed by atoms with E-state index >= 15 is 0 Å². The number of rotatable bonds is 5. The van der Waals surface area contributed by atoms with Gasteiger partial charge in [-0.15, -0.1) is 0 Å². The largest absolute Gasteiger partial charge is 0.464 e. The lowest BCUT2D eigenvalue weighted by Crippen LogP contribution is -2.30. The van der Waals surface area contributed by atoms with Crippen molar-refractivity contribution in [2.45, 2.75) is 20.0 Å². The molecule has 3 aromatic rings. The Balaban J connectivity index is 1.87. The maximum atomic E-state index is 13.5. The Hall–Kier alpha value is -2.95.